The van der Waals surface area contributed by atoms with Crippen molar-refractivity contribution in [1.29, 1.82) is 0 Å². The maximum atomic E-state index is 12.2. The van der Waals surface area contributed by atoms with Crippen molar-refractivity contribution in [1.82, 2.24) is 15.3 Å². The molecule has 7 nitrogen and oxygen atoms in total. The summed E-state index contributed by atoms with van der Waals surface area (Å²) in [4.78, 5) is 23.6. The number of ether oxygens (including phenoxy) is 1. The fraction of sp³-hybridized carbons (Fsp3) is 0.421. The van der Waals surface area contributed by atoms with Gasteiger partial charge >= 0.3 is 6.03 Å². The Hall–Kier alpha value is -2.54. The van der Waals surface area contributed by atoms with Gasteiger partial charge in [0.25, 0.3) is 0 Å². The van der Waals surface area contributed by atoms with E-state index in [1.54, 1.807) is 18.2 Å². The Balaban J connectivity index is 1.60. The Morgan fingerprint density at radius 1 is 1.22 bits per heavy atom. The number of urea groups is 1. The van der Waals surface area contributed by atoms with Crippen LogP contribution in [0.25, 0.3) is 0 Å². The Morgan fingerprint density at radius 3 is 2.74 bits per heavy atom. The molecule has 0 saturated carbocycles. The molecule has 27 heavy (non-hydrogen) atoms. The summed E-state index contributed by atoms with van der Waals surface area (Å²) in [6, 6.07) is 6.63. The molecule has 0 radical (unpaired) electrons. The highest BCUT2D eigenvalue weighted by Crippen LogP contribution is 2.27. The summed E-state index contributed by atoms with van der Waals surface area (Å²) >= 11 is 6.00. The number of rotatable bonds is 5. The average Bonchev–Trinajstić information content (AvgIpc) is 2.68. The van der Waals surface area contributed by atoms with Crippen molar-refractivity contribution in [3.8, 4) is 5.75 Å². The van der Waals surface area contributed by atoms with E-state index in [4.69, 9.17) is 16.3 Å². The average molecular weight is 390 g/mol. The van der Waals surface area contributed by atoms with Gasteiger partial charge in [0.1, 0.15) is 5.75 Å². The Labute approximate surface area is 164 Å². The predicted octanol–water partition coefficient (Wildman–Crippen LogP) is 3.76. The highest BCUT2D eigenvalue weighted by Gasteiger charge is 2.15. The van der Waals surface area contributed by atoms with Gasteiger partial charge in [-0.25, -0.2) is 14.8 Å². The van der Waals surface area contributed by atoms with Crippen LogP contribution in [-0.2, 0) is 6.54 Å². The van der Waals surface area contributed by atoms with Gasteiger partial charge in [-0.3, -0.25) is 0 Å². The number of carbonyl (C=O) groups is 1. The van der Waals surface area contributed by atoms with Crippen LogP contribution in [0.15, 0.2) is 24.3 Å². The van der Waals surface area contributed by atoms with Gasteiger partial charge in [0.2, 0.25) is 5.95 Å². The summed E-state index contributed by atoms with van der Waals surface area (Å²) in [5, 5.41) is 6.08. The number of anilines is 2. The summed E-state index contributed by atoms with van der Waals surface area (Å²) in [5.74, 6) is 1.25. The lowest BCUT2D eigenvalue weighted by atomic mass is 10.1. The Bertz CT molecular complexity index is 809. The molecule has 1 saturated heterocycles. The van der Waals surface area contributed by atoms with Crippen LogP contribution in [0.5, 0.6) is 5.75 Å². The molecule has 2 N–H and O–H groups in total. The minimum absolute atomic E-state index is 0.320. The number of benzene rings is 1. The van der Waals surface area contributed by atoms with Crippen molar-refractivity contribution in [2.24, 2.45) is 0 Å². The number of hydrogen-bond donors (Lipinski definition) is 2. The van der Waals surface area contributed by atoms with Crippen molar-refractivity contribution in [3.05, 3.63) is 40.7 Å². The first-order valence-corrected chi connectivity index (χ1v) is 9.41. The van der Waals surface area contributed by atoms with Crippen LogP contribution in [0, 0.1) is 6.92 Å². The van der Waals surface area contributed by atoms with Crippen LogP contribution in [-0.4, -0.2) is 36.2 Å². The van der Waals surface area contributed by atoms with Crippen LogP contribution in [0.1, 0.15) is 30.7 Å². The number of piperidine rings is 1. The fourth-order valence-corrected chi connectivity index (χ4v) is 3.22. The lowest BCUT2D eigenvalue weighted by molar-refractivity contribution is 0.251. The number of carbonyl (C=O) groups excluding carboxylic acids is 1. The molecule has 0 bridgehead atoms. The first kappa shape index (κ1) is 19.2. The van der Waals surface area contributed by atoms with Crippen molar-refractivity contribution in [2.75, 3.05) is 30.4 Å². The molecular formula is C19H24ClN5O2. The van der Waals surface area contributed by atoms with E-state index in [1.165, 1.54) is 13.5 Å². The predicted molar refractivity (Wildman–Crippen MR) is 107 cm³/mol. The minimum Gasteiger partial charge on any atom is -0.495 e. The van der Waals surface area contributed by atoms with Gasteiger partial charge in [0, 0.05) is 30.5 Å². The molecule has 1 fully saturated rings. The number of hydrogen-bond acceptors (Lipinski definition) is 5. The lowest BCUT2D eigenvalue weighted by Gasteiger charge is -2.27. The number of aromatic nitrogens is 2. The van der Waals surface area contributed by atoms with E-state index in [9.17, 15) is 4.79 Å². The third-order valence-electron chi connectivity index (χ3n) is 4.37. The molecule has 2 aromatic rings. The summed E-state index contributed by atoms with van der Waals surface area (Å²) in [6.45, 7) is 4.23. The van der Waals surface area contributed by atoms with E-state index < -0.39 is 0 Å². The summed E-state index contributed by atoms with van der Waals surface area (Å²) in [6.07, 6.45) is 3.59. The molecule has 0 aliphatic carbocycles. The van der Waals surface area contributed by atoms with E-state index in [0.29, 0.717) is 23.0 Å². The van der Waals surface area contributed by atoms with E-state index in [0.717, 1.165) is 43.3 Å². The van der Waals surface area contributed by atoms with Crippen molar-refractivity contribution in [2.45, 2.75) is 32.7 Å². The number of nitrogens with one attached hydrogen (secondary N) is 2. The second-order valence-corrected chi connectivity index (χ2v) is 6.91. The largest absolute Gasteiger partial charge is 0.495 e. The number of amides is 2. The Kier molecular flexibility index (Phi) is 6.34. The molecule has 3 rings (SSSR count). The van der Waals surface area contributed by atoms with Crippen LogP contribution in [0.2, 0.25) is 5.02 Å². The van der Waals surface area contributed by atoms with Crippen LogP contribution in [0.4, 0.5) is 16.4 Å². The molecule has 1 aromatic carbocycles. The highest BCUT2D eigenvalue weighted by molar-refractivity contribution is 6.32. The zero-order chi connectivity index (χ0) is 19.2. The smallest absolute Gasteiger partial charge is 0.319 e. The molecule has 8 heteroatoms. The van der Waals surface area contributed by atoms with Crippen LogP contribution in [0.3, 0.4) is 0 Å². The number of nitrogens with zero attached hydrogens (tertiary/aromatic N) is 3. The quantitative estimate of drug-likeness (QED) is 0.813. The Morgan fingerprint density at radius 2 is 2.00 bits per heavy atom. The number of aryl methyl sites for hydroxylation is 1. The second-order valence-electron chi connectivity index (χ2n) is 6.51. The van der Waals surface area contributed by atoms with Gasteiger partial charge in [0.05, 0.1) is 24.4 Å². The normalized spacial score (nSPS) is 14.0. The molecule has 0 atom stereocenters. The summed E-state index contributed by atoms with van der Waals surface area (Å²) in [5.41, 5.74) is 2.28. The van der Waals surface area contributed by atoms with Gasteiger partial charge < -0.3 is 20.3 Å². The summed E-state index contributed by atoms with van der Waals surface area (Å²) < 4.78 is 5.16. The minimum atomic E-state index is -0.324. The van der Waals surface area contributed by atoms with Crippen molar-refractivity contribution < 1.29 is 9.53 Å². The SMILES string of the molecule is COc1cc(NC(=O)NCc2cc(C)nc(N3CCCCC3)n2)ccc1Cl. The second kappa shape index (κ2) is 8.90. The van der Waals surface area contributed by atoms with Crippen molar-refractivity contribution in [3.63, 3.8) is 0 Å². The molecule has 2 heterocycles. The van der Waals surface area contributed by atoms with Crippen LogP contribution >= 0.6 is 11.6 Å². The molecule has 0 spiro atoms. The number of halogens is 1. The topological polar surface area (TPSA) is 79.4 Å². The summed E-state index contributed by atoms with van der Waals surface area (Å²) in [7, 11) is 1.53. The molecule has 1 aliphatic heterocycles. The maximum Gasteiger partial charge on any atom is 0.319 e. The van der Waals surface area contributed by atoms with E-state index in [2.05, 4.69) is 25.5 Å². The maximum absolute atomic E-state index is 12.2. The molecule has 1 aliphatic rings. The van der Waals surface area contributed by atoms with Gasteiger partial charge in [0.15, 0.2) is 0 Å². The molecule has 2 amide bonds. The molecular weight excluding hydrogens is 366 g/mol. The highest BCUT2D eigenvalue weighted by atomic mass is 35.5. The van der Waals surface area contributed by atoms with E-state index in [-0.39, 0.29) is 6.03 Å². The standard InChI is InChI=1S/C19H24ClN5O2/c1-13-10-15(23-18(22-13)25-8-4-3-5-9-25)12-21-19(26)24-14-6-7-16(20)17(11-14)27-2/h6-7,10-11H,3-5,8-9,12H2,1-2H3,(H2,21,24,26). The zero-order valence-electron chi connectivity index (χ0n) is 15.6. The van der Waals surface area contributed by atoms with E-state index in [1.807, 2.05) is 13.0 Å². The monoisotopic (exact) mass is 389 g/mol. The third kappa shape index (κ3) is 5.23. The lowest BCUT2D eigenvalue weighted by Crippen LogP contribution is -2.32. The third-order valence-corrected chi connectivity index (χ3v) is 4.69. The van der Waals surface area contributed by atoms with Crippen molar-refractivity contribution >= 4 is 29.3 Å². The van der Waals surface area contributed by atoms with Gasteiger partial charge in [-0.05, 0) is 44.4 Å². The number of methoxy groups -OCH3 is 1. The fourth-order valence-electron chi connectivity index (χ4n) is 3.03. The van der Waals surface area contributed by atoms with Gasteiger partial charge in [-0.15, -0.1) is 0 Å². The zero-order valence-corrected chi connectivity index (χ0v) is 16.3. The molecule has 1 aromatic heterocycles. The van der Waals surface area contributed by atoms with Gasteiger partial charge in [-0.2, -0.15) is 0 Å². The molecule has 144 valence electrons. The first-order chi connectivity index (χ1) is 13.0. The van der Waals surface area contributed by atoms with Gasteiger partial charge in [-0.1, -0.05) is 11.6 Å². The first-order valence-electron chi connectivity index (χ1n) is 9.03. The van der Waals surface area contributed by atoms with Crippen LogP contribution < -0.4 is 20.3 Å². The molecule has 0 unspecified atom stereocenters. The van der Waals surface area contributed by atoms with E-state index >= 15 is 0 Å².